The van der Waals surface area contributed by atoms with Crippen molar-refractivity contribution in [3.05, 3.63) is 0 Å². The van der Waals surface area contributed by atoms with E-state index in [1.54, 1.807) is 25.7 Å². The van der Waals surface area contributed by atoms with Gasteiger partial charge in [0.1, 0.15) is 17.7 Å². The van der Waals surface area contributed by atoms with Crippen molar-refractivity contribution in [2.75, 3.05) is 6.61 Å². The second kappa shape index (κ2) is 8.49. The zero-order valence-electron chi connectivity index (χ0n) is 19.7. The number of likely N-dealkylation sites (tertiary alicyclic amines) is 1. The van der Waals surface area contributed by atoms with Crippen LogP contribution in [0.2, 0.25) is 18.1 Å². The van der Waals surface area contributed by atoms with Crippen LogP contribution in [-0.4, -0.2) is 61.5 Å². The van der Waals surface area contributed by atoms with Crippen molar-refractivity contribution in [3.8, 4) is 0 Å². The van der Waals surface area contributed by atoms with E-state index in [0.717, 1.165) is 6.42 Å². The number of hydrogen-bond acceptors (Lipinski definition) is 5. The molecule has 1 saturated carbocycles. The SMILES string of the molecule is CC(C)(C)OC(=O)N[C@@H](CCO[Si](C)(C)C(C)(C)C)C(=O)N1[C@@H]2CC2C[C@H]1C(N)=O. The Balaban J connectivity index is 2.11. The van der Waals surface area contributed by atoms with Gasteiger partial charge in [-0.25, -0.2) is 4.79 Å². The summed E-state index contributed by atoms with van der Waals surface area (Å²) < 4.78 is 11.6. The molecule has 172 valence electrons. The number of rotatable bonds is 7. The van der Waals surface area contributed by atoms with Crippen LogP contribution in [0.3, 0.4) is 0 Å². The standard InChI is InChI=1S/C21H39N3O5Si/c1-20(2,3)29-19(27)23-14(9-10-28-30(7,8)21(4,5)6)18(26)24-15-11-13(15)12-16(24)17(22)25/h13-16H,9-12H2,1-8H3,(H2,22,25)(H,23,27)/t13?,14-,15+,16-/m0/s1. The van der Waals surface area contributed by atoms with Gasteiger partial charge in [-0.15, -0.1) is 0 Å². The molecule has 0 aromatic carbocycles. The van der Waals surface area contributed by atoms with E-state index in [4.69, 9.17) is 14.9 Å². The smallest absolute Gasteiger partial charge is 0.408 e. The molecule has 1 aliphatic heterocycles. The summed E-state index contributed by atoms with van der Waals surface area (Å²) in [5.74, 6) is -0.449. The second-order valence-corrected chi connectivity index (χ2v) is 15.9. The van der Waals surface area contributed by atoms with Crippen LogP contribution in [0.5, 0.6) is 0 Å². The maximum absolute atomic E-state index is 13.4. The van der Waals surface area contributed by atoms with Crippen LogP contribution in [0.1, 0.15) is 60.8 Å². The average Bonchev–Trinajstić information content (AvgIpc) is 3.20. The van der Waals surface area contributed by atoms with Crippen molar-refractivity contribution >= 4 is 26.2 Å². The molecule has 0 bridgehead atoms. The number of nitrogens with zero attached hydrogens (tertiary/aromatic N) is 1. The number of ether oxygens (including phenoxy) is 1. The van der Waals surface area contributed by atoms with Crippen LogP contribution < -0.4 is 11.1 Å². The molecule has 4 atom stereocenters. The van der Waals surface area contributed by atoms with Crippen LogP contribution in [-0.2, 0) is 18.8 Å². The Kier molecular flexibility index (Phi) is 6.98. The highest BCUT2D eigenvalue weighted by molar-refractivity contribution is 6.74. The first-order valence-corrected chi connectivity index (χ1v) is 13.7. The normalized spacial score (nSPS) is 24.8. The molecular weight excluding hydrogens is 402 g/mol. The number of fused-ring (bicyclic) bond motifs is 1. The third-order valence-corrected chi connectivity index (χ3v) is 10.9. The van der Waals surface area contributed by atoms with E-state index >= 15 is 0 Å². The van der Waals surface area contributed by atoms with Gasteiger partial charge in [-0.2, -0.15) is 0 Å². The van der Waals surface area contributed by atoms with Crippen molar-refractivity contribution in [1.29, 1.82) is 0 Å². The zero-order chi connectivity index (χ0) is 23.1. The molecule has 1 aliphatic carbocycles. The van der Waals surface area contributed by atoms with Gasteiger partial charge in [0.15, 0.2) is 8.32 Å². The quantitative estimate of drug-likeness (QED) is 0.590. The molecule has 30 heavy (non-hydrogen) atoms. The Labute approximate surface area is 181 Å². The number of piperidine rings is 1. The number of carbonyl (C=O) groups excluding carboxylic acids is 3. The summed E-state index contributed by atoms with van der Waals surface area (Å²) in [6.07, 6.45) is 1.14. The number of primary amides is 1. The summed E-state index contributed by atoms with van der Waals surface area (Å²) >= 11 is 0. The maximum Gasteiger partial charge on any atom is 0.408 e. The molecule has 2 fully saturated rings. The zero-order valence-corrected chi connectivity index (χ0v) is 20.7. The van der Waals surface area contributed by atoms with Gasteiger partial charge in [0, 0.05) is 12.6 Å². The second-order valence-electron chi connectivity index (χ2n) is 11.1. The molecule has 0 aromatic heterocycles. The summed E-state index contributed by atoms with van der Waals surface area (Å²) in [6, 6.07) is -1.39. The Morgan fingerprint density at radius 2 is 1.73 bits per heavy atom. The molecule has 1 heterocycles. The summed E-state index contributed by atoms with van der Waals surface area (Å²) in [5.41, 5.74) is 4.85. The summed E-state index contributed by atoms with van der Waals surface area (Å²) in [7, 11) is -2.00. The molecule has 8 nitrogen and oxygen atoms in total. The molecular formula is C21H39N3O5Si. The Morgan fingerprint density at radius 3 is 2.23 bits per heavy atom. The van der Waals surface area contributed by atoms with E-state index in [2.05, 4.69) is 39.2 Å². The van der Waals surface area contributed by atoms with Gasteiger partial charge in [0.05, 0.1) is 0 Å². The molecule has 1 unspecified atom stereocenters. The van der Waals surface area contributed by atoms with Gasteiger partial charge < -0.3 is 25.1 Å². The van der Waals surface area contributed by atoms with Gasteiger partial charge in [0.2, 0.25) is 11.8 Å². The van der Waals surface area contributed by atoms with Gasteiger partial charge in [-0.1, -0.05) is 20.8 Å². The van der Waals surface area contributed by atoms with E-state index in [1.165, 1.54) is 0 Å². The predicted molar refractivity (Wildman–Crippen MR) is 117 cm³/mol. The predicted octanol–water partition coefficient (Wildman–Crippen LogP) is 2.77. The lowest BCUT2D eigenvalue weighted by Crippen LogP contribution is -2.55. The first-order valence-electron chi connectivity index (χ1n) is 10.8. The fourth-order valence-electron chi connectivity index (χ4n) is 3.56. The third kappa shape index (κ3) is 5.97. The van der Waals surface area contributed by atoms with E-state index in [0.29, 0.717) is 25.4 Å². The highest BCUT2D eigenvalue weighted by Gasteiger charge is 2.56. The molecule has 3 amide bonds. The average molecular weight is 442 g/mol. The maximum atomic E-state index is 13.4. The first kappa shape index (κ1) is 24.7. The van der Waals surface area contributed by atoms with Gasteiger partial charge in [-0.05, 0) is 64.1 Å². The van der Waals surface area contributed by atoms with Crippen molar-refractivity contribution < 1.29 is 23.5 Å². The van der Waals surface area contributed by atoms with Crippen LogP contribution in [0.4, 0.5) is 4.79 Å². The lowest BCUT2D eigenvalue weighted by Gasteiger charge is -2.37. The molecule has 0 spiro atoms. The molecule has 3 N–H and O–H groups in total. The number of hydrogen-bond donors (Lipinski definition) is 2. The van der Waals surface area contributed by atoms with Crippen molar-refractivity contribution in [3.63, 3.8) is 0 Å². The lowest BCUT2D eigenvalue weighted by molar-refractivity contribution is -0.140. The Morgan fingerprint density at radius 1 is 1.13 bits per heavy atom. The fourth-order valence-corrected chi connectivity index (χ4v) is 4.62. The number of amides is 3. The summed E-state index contributed by atoms with van der Waals surface area (Å²) in [6.45, 7) is 16.4. The number of nitrogens with one attached hydrogen (secondary N) is 1. The number of nitrogens with two attached hydrogens (primary N) is 1. The molecule has 0 radical (unpaired) electrons. The highest BCUT2D eigenvalue weighted by Crippen LogP contribution is 2.48. The monoisotopic (exact) mass is 441 g/mol. The minimum Gasteiger partial charge on any atom is -0.444 e. The van der Waals surface area contributed by atoms with Gasteiger partial charge in [-0.3, -0.25) is 9.59 Å². The minimum absolute atomic E-state index is 0.0400. The molecule has 0 aromatic rings. The van der Waals surface area contributed by atoms with E-state index < -0.39 is 38.0 Å². The van der Waals surface area contributed by atoms with Crippen LogP contribution in [0.15, 0.2) is 0 Å². The van der Waals surface area contributed by atoms with E-state index in [1.807, 2.05) is 0 Å². The molecule has 2 aliphatic rings. The molecule has 1 saturated heterocycles. The Bertz CT molecular complexity index is 683. The van der Waals surface area contributed by atoms with Crippen LogP contribution >= 0.6 is 0 Å². The van der Waals surface area contributed by atoms with Crippen LogP contribution in [0, 0.1) is 5.92 Å². The van der Waals surface area contributed by atoms with Gasteiger partial charge >= 0.3 is 6.09 Å². The van der Waals surface area contributed by atoms with Crippen molar-refractivity contribution in [2.24, 2.45) is 11.7 Å². The third-order valence-electron chi connectivity index (χ3n) is 6.35. The number of carbonyl (C=O) groups is 3. The fraction of sp³-hybridized carbons (Fsp3) is 0.857. The summed E-state index contributed by atoms with van der Waals surface area (Å²) in [4.78, 5) is 39.2. The van der Waals surface area contributed by atoms with E-state index in [9.17, 15) is 14.4 Å². The highest BCUT2D eigenvalue weighted by atomic mass is 28.4. The Hall–Kier alpha value is -1.61. The van der Waals surface area contributed by atoms with E-state index in [-0.39, 0.29) is 17.0 Å². The van der Waals surface area contributed by atoms with Crippen LogP contribution in [0.25, 0.3) is 0 Å². The first-order chi connectivity index (χ1) is 13.5. The number of alkyl carbamates (subject to hydrolysis) is 1. The lowest BCUT2D eigenvalue weighted by atomic mass is 10.1. The topological polar surface area (TPSA) is 111 Å². The van der Waals surface area contributed by atoms with Crippen molar-refractivity contribution in [2.45, 2.75) is 103 Å². The largest absolute Gasteiger partial charge is 0.444 e. The molecule has 2 rings (SSSR count). The van der Waals surface area contributed by atoms with Gasteiger partial charge in [0.25, 0.3) is 0 Å². The summed E-state index contributed by atoms with van der Waals surface area (Å²) in [5, 5.41) is 2.74. The van der Waals surface area contributed by atoms with Crippen molar-refractivity contribution in [1.82, 2.24) is 10.2 Å². The molecule has 9 heteroatoms. The minimum atomic E-state index is -2.00.